The molecule has 0 spiro atoms. The third kappa shape index (κ3) is 6.81. The first-order chi connectivity index (χ1) is 21.5. The number of aromatic nitrogens is 6. The lowest BCUT2D eigenvalue weighted by Crippen LogP contribution is -2.36. The molecule has 0 saturated carbocycles. The second-order valence-corrected chi connectivity index (χ2v) is 12.5. The molecule has 19 nitrogen and oxygen atoms in total. The predicted molar refractivity (Wildman–Crippen MR) is 156 cm³/mol. The van der Waals surface area contributed by atoms with Crippen LogP contribution < -0.4 is 27.6 Å². The summed E-state index contributed by atoms with van der Waals surface area (Å²) in [7, 11) is -2.78. The number of anilines is 1. The average molecular weight is 657 g/mol. The van der Waals surface area contributed by atoms with Crippen LogP contribution >= 0.6 is 7.75 Å². The second-order valence-electron chi connectivity index (χ2n) is 10.8. The molecule has 248 valence electrons. The van der Waals surface area contributed by atoms with Crippen molar-refractivity contribution < 1.29 is 38.0 Å². The Morgan fingerprint density at radius 3 is 2.69 bits per heavy atom. The number of aromatic amines is 2. The van der Waals surface area contributed by atoms with Gasteiger partial charge >= 0.3 is 13.4 Å². The summed E-state index contributed by atoms with van der Waals surface area (Å²) in [5.41, 5.74) is 4.29. The molecule has 0 aromatic carbocycles. The van der Waals surface area contributed by atoms with E-state index in [1.807, 2.05) is 6.92 Å². The number of fused-ring (bicyclic) bond motifs is 1. The Kier molecular flexibility index (Phi) is 10.0. The first-order valence-corrected chi connectivity index (χ1v) is 15.9. The van der Waals surface area contributed by atoms with E-state index in [-0.39, 0.29) is 35.6 Å². The Morgan fingerprint density at radius 1 is 1.20 bits per heavy atom. The third-order valence-electron chi connectivity index (χ3n) is 7.65. The summed E-state index contributed by atoms with van der Waals surface area (Å²) in [4.78, 5) is 49.3. The van der Waals surface area contributed by atoms with Crippen LogP contribution in [-0.4, -0.2) is 96.7 Å². The smallest absolute Gasteiger partial charge is 0.394 e. The number of unbranched alkanes of at least 4 members (excludes halogenated alkanes) is 1. The molecular formula is C25H37N8O11P. The molecule has 3 aromatic heterocycles. The van der Waals surface area contributed by atoms with Crippen LogP contribution in [-0.2, 0) is 27.8 Å². The zero-order valence-corrected chi connectivity index (χ0v) is 25.7. The standard InChI is InChI=1S/C25H37N8O11P/c1-4-5-6-28-45(39,44-13-7-16(42-14(13)9-34)32-8-12(2)21(36)31-25(32)38)41-10-15-18(35)19(40-3)23(43-15)33-11-27-17-20(33)29-24(26)30-22(17)37/h8,11,13-16,18-19,23,34-35H,4-7,9-10H2,1-3H3,(H,28,39)(H,31,36,38)(H3,26,29,30,37)/t13?,14-,15-,16-,18?,19?,23-,45?/m1/s1. The Bertz CT molecular complexity index is 1720. The van der Waals surface area contributed by atoms with Gasteiger partial charge in [0.05, 0.1) is 19.5 Å². The van der Waals surface area contributed by atoms with Gasteiger partial charge in [-0.05, 0) is 13.3 Å². The van der Waals surface area contributed by atoms with Gasteiger partial charge in [0.2, 0.25) is 5.95 Å². The minimum atomic E-state index is -4.15. The average Bonchev–Trinajstić information content (AvgIpc) is 3.68. The number of hydrogen-bond donors (Lipinski definition) is 6. The van der Waals surface area contributed by atoms with Gasteiger partial charge in [-0.1, -0.05) is 13.3 Å². The molecule has 0 bridgehead atoms. The van der Waals surface area contributed by atoms with E-state index in [2.05, 4.69) is 25.0 Å². The number of rotatable bonds is 13. The number of H-pyrrole nitrogens is 2. The van der Waals surface area contributed by atoms with E-state index in [1.165, 1.54) is 35.7 Å². The molecular weight excluding hydrogens is 619 g/mol. The zero-order valence-electron chi connectivity index (χ0n) is 24.8. The van der Waals surface area contributed by atoms with Crippen molar-refractivity contribution in [2.75, 3.05) is 32.6 Å². The molecule has 3 aromatic rings. The van der Waals surface area contributed by atoms with Crippen LogP contribution in [0.15, 0.2) is 26.9 Å². The molecule has 8 atom stereocenters. The van der Waals surface area contributed by atoms with Crippen molar-refractivity contribution in [3.05, 3.63) is 49.3 Å². The van der Waals surface area contributed by atoms with Crippen molar-refractivity contribution in [3.8, 4) is 0 Å². The molecule has 5 rings (SSSR count). The largest absolute Gasteiger partial charge is 0.405 e. The lowest BCUT2D eigenvalue weighted by molar-refractivity contribution is -0.0600. The van der Waals surface area contributed by atoms with Gasteiger partial charge in [0.15, 0.2) is 17.4 Å². The fourth-order valence-corrected chi connectivity index (χ4v) is 6.85. The maximum atomic E-state index is 14.0. The SMILES string of the molecule is CCCCNP(=O)(OC[C@H]1O[C@@H](n2cnc3c(=O)[nH]c(N)nc32)C(OC)C1O)OC1C[C@H](n2cc(C)c(=O)[nH]c2=O)O[C@@H]1CO. The van der Waals surface area contributed by atoms with Gasteiger partial charge in [-0.15, -0.1) is 0 Å². The minimum absolute atomic E-state index is 0.00122. The summed E-state index contributed by atoms with van der Waals surface area (Å²) in [6, 6.07) is 0. The summed E-state index contributed by atoms with van der Waals surface area (Å²) >= 11 is 0. The van der Waals surface area contributed by atoms with Crippen LogP contribution in [0.5, 0.6) is 0 Å². The number of imidazole rings is 1. The van der Waals surface area contributed by atoms with Gasteiger partial charge < -0.3 is 30.2 Å². The van der Waals surface area contributed by atoms with Crippen LogP contribution in [0.4, 0.5) is 5.95 Å². The summed E-state index contributed by atoms with van der Waals surface area (Å²) in [6.07, 6.45) is -3.17. The van der Waals surface area contributed by atoms with Crippen molar-refractivity contribution >= 4 is 24.9 Å². The van der Waals surface area contributed by atoms with Crippen molar-refractivity contribution in [2.45, 2.75) is 76.1 Å². The van der Waals surface area contributed by atoms with Crippen LogP contribution in [0.1, 0.15) is 44.2 Å². The first-order valence-electron chi connectivity index (χ1n) is 14.3. The number of nitrogens with zero attached hydrogens (tertiary/aromatic N) is 4. The van der Waals surface area contributed by atoms with E-state index >= 15 is 0 Å². The second kappa shape index (κ2) is 13.6. The molecule has 0 amide bonds. The first kappa shape index (κ1) is 33.1. The normalized spacial score (nSPS) is 28.2. The van der Waals surface area contributed by atoms with Gasteiger partial charge in [0.1, 0.15) is 36.7 Å². The summed E-state index contributed by atoms with van der Waals surface area (Å²) in [5, 5.41) is 23.9. The highest BCUT2D eigenvalue weighted by Crippen LogP contribution is 2.49. The van der Waals surface area contributed by atoms with Crippen LogP contribution in [0.3, 0.4) is 0 Å². The molecule has 0 aliphatic carbocycles. The molecule has 20 heteroatoms. The molecule has 2 saturated heterocycles. The third-order valence-corrected chi connectivity index (χ3v) is 9.29. The Balaban J connectivity index is 1.33. The highest BCUT2D eigenvalue weighted by Gasteiger charge is 2.48. The fraction of sp³-hybridized carbons (Fsp3) is 0.640. The molecule has 2 aliphatic rings. The van der Waals surface area contributed by atoms with Gasteiger partial charge in [-0.25, -0.2) is 19.4 Å². The maximum absolute atomic E-state index is 14.0. The van der Waals surface area contributed by atoms with E-state index in [0.717, 1.165) is 6.42 Å². The highest BCUT2D eigenvalue weighted by atomic mass is 31.2. The summed E-state index contributed by atoms with van der Waals surface area (Å²) in [6.45, 7) is 2.79. The number of nitrogen functional groups attached to an aromatic ring is 1. The summed E-state index contributed by atoms with van der Waals surface area (Å²) in [5.74, 6) is -0.141. The van der Waals surface area contributed by atoms with E-state index < -0.39 is 80.7 Å². The Morgan fingerprint density at radius 2 is 1.98 bits per heavy atom. The molecule has 2 aliphatic heterocycles. The molecule has 2 fully saturated rings. The predicted octanol–water partition coefficient (Wildman–Crippen LogP) is -0.987. The topological polar surface area (TPSA) is 260 Å². The molecule has 5 heterocycles. The number of aryl methyl sites for hydroxylation is 1. The number of aliphatic hydroxyl groups excluding tert-OH is 2. The van der Waals surface area contributed by atoms with Crippen LogP contribution in [0, 0.1) is 6.92 Å². The van der Waals surface area contributed by atoms with E-state index in [1.54, 1.807) is 0 Å². The number of methoxy groups -OCH3 is 1. The molecule has 0 radical (unpaired) electrons. The monoisotopic (exact) mass is 656 g/mol. The van der Waals surface area contributed by atoms with Crippen molar-refractivity contribution in [1.82, 2.24) is 34.2 Å². The number of aliphatic hydroxyl groups is 2. The van der Waals surface area contributed by atoms with Gasteiger partial charge in [-0.2, -0.15) is 4.98 Å². The zero-order chi connectivity index (χ0) is 32.5. The molecule has 4 unspecified atom stereocenters. The lowest BCUT2D eigenvalue weighted by atomic mass is 10.1. The van der Waals surface area contributed by atoms with Gasteiger partial charge in [-0.3, -0.25) is 37.7 Å². The number of nitrogens with one attached hydrogen (secondary N) is 3. The van der Waals surface area contributed by atoms with Gasteiger partial charge in [0, 0.05) is 31.8 Å². The minimum Gasteiger partial charge on any atom is -0.394 e. The van der Waals surface area contributed by atoms with E-state index in [9.17, 15) is 29.2 Å². The van der Waals surface area contributed by atoms with Crippen LogP contribution in [0.25, 0.3) is 11.2 Å². The number of hydrogen-bond acceptors (Lipinski definition) is 14. The molecule has 45 heavy (non-hydrogen) atoms. The maximum Gasteiger partial charge on any atom is 0.405 e. The fourth-order valence-electron chi connectivity index (χ4n) is 5.27. The van der Waals surface area contributed by atoms with E-state index in [4.69, 9.17) is 29.0 Å². The quantitative estimate of drug-likeness (QED) is 0.0953. The number of ether oxygens (including phenoxy) is 3. The number of nitrogens with two attached hydrogens (primary N) is 1. The van der Waals surface area contributed by atoms with Crippen molar-refractivity contribution in [2.24, 2.45) is 0 Å². The Labute approximate surface area is 255 Å². The van der Waals surface area contributed by atoms with Crippen LogP contribution in [0.2, 0.25) is 0 Å². The Hall–Kier alpha value is -3.26. The van der Waals surface area contributed by atoms with E-state index in [0.29, 0.717) is 6.42 Å². The molecule has 7 N–H and O–H groups in total. The van der Waals surface area contributed by atoms with Crippen molar-refractivity contribution in [3.63, 3.8) is 0 Å². The van der Waals surface area contributed by atoms with Crippen molar-refractivity contribution in [1.29, 1.82) is 0 Å². The van der Waals surface area contributed by atoms with Gasteiger partial charge in [0.25, 0.3) is 11.1 Å². The summed E-state index contributed by atoms with van der Waals surface area (Å²) < 4.78 is 45.7. The highest BCUT2D eigenvalue weighted by molar-refractivity contribution is 7.51. The lowest BCUT2D eigenvalue weighted by Gasteiger charge is -2.26.